The topological polar surface area (TPSA) is 51.2 Å². The fourth-order valence-electron chi connectivity index (χ4n) is 1.69. The van der Waals surface area contributed by atoms with Gasteiger partial charge in [-0.25, -0.2) is 0 Å². The Balaban J connectivity index is 1.73. The molecule has 0 spiro atoms. The molecule has 1 N–H and O–H groups in total. The molecule has 0 aromatic heterocycles. The van der Waals surface area contributed by atoms with Gasteiger partial charge in [0.25, 0.3) is 0 Å². The van der Waals surface area contributed by atoms with Crippen LogP contribution in [0.4, 0.5) is 0 Å². The van der Waals surface area contributed by atoms with Gasteiger partial charge in [-0.15, -0.1) is 0 Å². The molecule has 0 amide bonds. The van der Waals surface area contributed by atoms with E-state index < -0.39 is 5.79 Å². The molecule has 76 valence electrons. The van der Waals surface area contributed by atoms with Gasteiger partial charge in [0.05, 0.1) is 25.4 Å². The van der Waals surface area contributed by atoms with E-state index in [2.05, 4.69) is 0 Å². The van der Waals surface area contributed by atoms with E-state index in [4.69, 9.17) is 19.3 Å². The van der Waals surface area contributed by atoms with Gasteiger partial charge < -0.3 is 19.3 Å². The third kappa shape index (κ3) is 2.20. The summed E-state index contributed by atoms with van der Waals surface area (Å²) in [4.78, 5) is 0. The van der Waals surface area contributed by atoms with E-state index in [1.165, 1.54) is 0 Å². The number of aliphatic hydroxyl groups is 1. The Kier molecular flexibility index (Phi) is 2.32. The van der Waals surface area contributed by atoms with E-state index in [1.54, 1.807) is 0 Å². The third-order valence-corrected chi connectivity index (χ3v) is 2.43. The molecule has 2 saturated heterocycles. The van der Waals surface area contributed by atoms with Crippen LogP contribution >= 0.6 is 0 Å². The van der Waals surface area contributed by atoms with Crippen molar-refractivity contribution in [3.05, 3.63) is 0 Å². The number of aliphatic hydroxyl groups excluding tert-OH is 1. The molecule has 0 radical (unpaired) electrons. The highest BCUT2D eigenvalue weighted by Gasteiger charge is 2.43. The second kappa shape index (κ2) is 3.20. The van der Waals surface area contributed by atoms with Gasteiger partial charge >= 0.3 is 0 Å². The molecule has 0 bridgehead atoms. The van der Waals surface area contributed by atoms with Crippen LogP contribution in [-0.4, -0.2) is 42.4 Å². The van der Waals surface area contributed by atoms with Crippen LogP contribution in [-0.2, 0) is 14.2 Å². The average molecular weight is 188 g/mol. The molecule has 0 saturated carbocycles. The van der Waals surface area contributed by atoms with Crippen molar-refractivity contribution in [1.29, 1.82) is 0 Å². The number of hydrogen-bond donors (Lipinski definition) is 1. The van der Waals surface area contributed by atoms with Crippen LogP contribution < -0.4 is 0 Å². The van der Waals surface area contributed by atoms with Crippen molar-refractivity contribution in [3.63, 3.8) is 0 Å². The molecule has 2 fully saturated rings. The van der Waals surface area contributed by atoms with Crippen LogP contribution in [0.1, 0.15) is 20.3 Å². The van der Waals surface area contributed by atoms with Gasteiger partial charge in [0.15, 0.2) is 5.79 Å². The minimum absolute atomic E-state index is 0.0345. The zero-order valence-corrected chi connectivity index (χ0v) is 8.03. The highest BCUT2D eigenvalue weighted by molar-refractivity contribution is 4.88. The number of hydrogen-bond acceptors (Lipinski definition) is 4. The molecule has 2 rings (SSSR count). The van der Waals surface area contributed by atoms with Crippen LogP contribution in [0.15, 0.2) is 0 Å². The lowest BCUT2D eigenvalue weighted by atomic mass is 10.2. The summed E-state index contributed by atoms with van der Waals surface area (Å²) in [6.45, 7) is 4.56. The maximum Gasteiger partial charge on any atom is 0.163 e. The Morgan fingerprint density at radius 3 is 2.62 bits per heavy atom. The molecule has 2 heterocycles. The summed E-state index contributed by atoms with van der Waals surface area (Å²) < 4.78 is 16.2. The van der Waals surface area contributed by atoms with Gasteiger partial charge in [-0.3, -0.25) is 0 Å². The zero-order valence-electron chi connectivity index (χ0n) is 8.03. The van der Waals surface area contributed by atoms with E-state index in [-0.39, 0.29) is 24.9 Å². The van der Waals surface area contributed by atoms with Crippen LogP contribution in [0.3, 0.4) is 0 Å². The lowest BCUT2D eigenvalue weighted by Crippen LogP contribution is -2.22. The van der Waals surface area contributed by atoms with Gasteiger partial charge in [0, 0.05) is 6.42 Å². The number of ether oxygens (including phenoxy) is 3. The predicted molar refractivity (Wildman–Crippen MR) is 45.3 cm³/mol. The first-order valence-corrected chi connectivity index (χ1v) is 4.69. The lowest BCUT2D eigenvalue weighted by Gasteiger charge is -2.16. The molecule has 13 heavy (non-hydrogen) atoms. The number of epoxide rings is 1. The van der Waals surface area contributed by atoms with Crippen LogP contribution in [0.5, 0.6) is 0 Å². The number of rotatable bonds is 3. The summed E-state index contributed by atoms with van der Waals surface area (Å²) in [6, 6.07) is 0. The lowest BCUT2D eigenvalue weighted by molar-refractivity contribution is -0.139. The van der Waals surface area contributed by atoms with Crippen molar-refractivity contribution >= 4 is 0 Å². The van der Waals surface area contributed by atoms with Crippen molar-refractivity contribution in [1.82, 2.24) is 0 Å². The Morgan fingerprint density at radius 1 is 1.38 bits per heavy atom. The van der Waals surface area contributed by atoms with Crippen molar-refractivity contribution in [2.75, 3.05) is 13.2 Å². The molecule has 4 nitrogen and oxygen atoms in total. The summed E-state index contributed by atoms with van der Waals surface area (Å²) >= 11 is 0. The van der Waals surface area contributed by atoms with Crippen molar-refractivity contribution in [3.8, 4) is 0 Å². The highest BCUT2D eigenvalue weighted by atomic mass is 16.7. The molecule has 0 aliphatic carbocycles. The Morgan fingerprint density at radius 2 is 2.15 bits per heavy atom. The van der Waals surface area contributed by atoms with Gasteiger partial charge in [0.1, 0.15) is 6.10 Å². The minimum atomic E-state index is -0.450. The van der Waals surface area contributed by atoms with E-state index >= 15 is 0 Å². The highest BCUT2D eigenvalue weighted by Crippen LogP contribution is 2.31. The van der Waals surface area contributed by atoms with E-state index in [0.717, 1.165) is 6.42 Å². The average Bonchev–Trinajstić information content (AvgIpc) is 2.70. The van der Waals surface area contributed by atoms with E-state index in [9.17, 15) is 0 Å². The summed E-state index contributed by atoms with van der Waals surface area (Å²) in [5.41, 5.74) is 0. The SMILES string of the molecule is CC1(C)OC[C@H](C[C@H]2O[C@H]2CO)O1. The summed E-state index contributed by atoms with van der Waals surface area (Å²) in [6.07, 6.45) is 1.16. The smallest absolute Gasteiger partial charge is 0.163 e. The fraction of sp³-hybridized carbons (Fsp3) is 1.00. The molecule has 0 unspecified atom stereocenters. The molecule has 4 heteroatoms. The molecular formula is C9H16O4. The molecular weight excluding hydrogens is 172 g/mol. The summed E-state index contributed by atoms with van der Waals surface area (Å²) in [5, 5.41) is 8.76. The van der Waals surface area contributed by atoms with Gasteiger partial charge in [0.2, 0.25) is 0 Å². The zero-order chi connectivity index (χ0) is 9.47. The second-order valence-corrected chi connectivity index (χ2v) is 4.08. The van der Waals surface area contributed by atoms with Crippen LogP contribution in [0.25, 0.3) is 0 Å². The van der Waals surface area contributed by atoms with Crippen LogP contribution in [0.2, 0.25) is 0 Å². The molecule has 2 aliphatic rings. The summed E-state index contributed by atoms with van der Waals surface area (Å²) in [5.74, 6) is -0.450. The van der Waals surface area contributed by atoms with Crippen molar-refractivity contribution in [2.45, 2.75) is 44.4 Å². The first-order valence-electron chi connectivity index (χ1n) is 4.69. The van der Waals surface area contributed by atoms with Crippen molar-refractivity contribution in [2.24, 2.45) is 0 Å². The predicted octanol–water partition coefficient (Wildman–Crippen LogP) is 0.288. The maximum absolute atomic E-state index is 8.76. The minimum Gasteiger partial charge on any atom is -0.394 e. The monoisotopic (exact) mass is 188 g/mol. The molecule has 0 aromatic carbocycles. The fourth-order valence-corrected chi connectivity index (χ4v) is 1.69. The first kappa shape index (κ1) is 9.40. The third-order valence-electron chi connectivity index (χ3n) is 2.43. The first-order chi connectivity index (χ1) is 6.11. The van der Waals surface area contributed by atoms with E-state index in [1.807, 2.05) is 13.8 Å². The quantitative estimate of drug-likeness (QED) is 0.647. The standard InChI is InChI=1S/C9H16O4/c1-9(2)11-5-6(13-9)3-7-8(4-10)12-7/h6-8,10H,3-5H2,1-2H3/t6-,7+,8-/m0/s1. The Labute approximate surface area is 77.8 Å². The van der Waals surface area contributed by atoms with Gasteiger partial charge in [-0.2, -0.15) is 0 Å². The molecule has 2 aliphatic heterocycles. The second-order valence-electron chi connectivity index (χ2n) is 4.08. The van der Waals surface area contributed by atoms with Gasteiger partial charge in [-0.05, 0) is 13.8 Å². The summed E-state index contributed by atoms with van der Waals surface area (Å²) in [7, 11) is 0. The maximum atomic E-state index is 8.76. The molecule has 0 aromatic rings. The normalized spacial score (nSPS) is 42.2. The van der Waals surface area contributed by atoms with Crippen LogP contribution in [0, 0.1) is 0 Å². The van der Waals surface area contributed by atoms with Crippen molar-refractivity contribution < 1.29 is 19.3 Å². The Hall–Kier alpha value is -0.160. The molecule has 3 atom stereocenters. The largest absolute Gasteiger partial charge is 0.394 e. The van der Waals surface area contributed by atoms with E-state index in [0.29, 0.717) is 6.61 Å². The Bertz CT molecular complexity index is 192. The van der Waals surface area contributed by atoms with Gasteiger partial charge in [-0.1, -0.05) is 0 Å².